The number of benzene rings is 2. The van der Waals surface area contributed by atoms with Gasteiger partial charge in [-0.1, -0.05) is 22.0 Å². The third-order valence-corrected chi connectivity index (χ3v) is 5.67. The molecule has 2 aromatic carbocycles. The minimum atomic E-state index is -3.88. The van der Waals surface area contributed by atoms with E-state index in [9.17, 15) is 12.8 Å². The van der Waals surface area contributed by atoms with E-state index < -0.39 is 20.6 Å². The van der Waals surface area contributed by atoms with Crippen LogP contribution in [0, 0.1) is 24.1 Å². The molecule has 1 aliphatic heterocycles. The number of sulfone groups is 1. The summed E-state index contributed by atoms with van der Waals surface area (Å²) in [4.78, 5) is 0.963. The summed E-state index contributed by atoms with van der Waals surface area (Å²) in [6, 6.07) is 10.9. The van der Waals surface area contributed by atoms with Gasteiger partial charge in [-0.05, 0) is 42.8 Å². The number of nitriles is 1. The van der Waals surface area contributed by atoms with Crippen LogP contribution in [-0.2, 0) is 9.84 Å². The normalized spacial score (nSPS) is 15.6. The standard InChI is InChI=1S/C16H10BrFN2O2S/c1-10-2-5-16-15(6-10)20(9-12(8-19)23(16,21)22)14-4-3-11(17)7-13(14)18/h2-7,9H,1H3. The van der Waals surface area contributed by atoms with Crippen LogP contribution in [0.1, 0.15) is 5.56 Å². The zero-order valence-electron chi connectivity index (χ0n) is 11.9. The molecule has 4 nitrogen and oxygen atoms in total. The van der Waals surface area contributed by atoms with E-state index in [4.69, 9.17) is 5.26 Å². The Kier molecular flexibility index (Phi) is 3.74. The SMILES string of the molecule is Cc1ccc2c(c1)N(c1ccc(Br)cc1F)C=C(C#N)S2(=O)=O. The number of nitrogens with zero attached hydrogens (tertiary/aromatic N) is 2. The van der Waals surface area contributed by atoms with E-state index in [1.54, 1.807) is 24.3 Å². The minimum Gasteiger partial charge on any atom is -0.311 e. The van der Waals surface area contributed by atoms with Crippen LogP contribution in [0.4, 0.5) is 15.8 Å². The number of fused-ring (bicyclic) bond motifs is 1. The second-order valence-electron chi connectivity index (χ2n) is 5.05. The first-order valence-electron chi connectivity index (χ1n) is 6.56. The molecule has 0 amide bonds. The van der Waals surface area contributed by atoms with Crippen LogP contribution in [0.25, 0.3) is 0 Å². The van der Waals surface area contributed by atoms with Crippen molar-refractivity contribution in [3.63, 3.8) is 0 Å². The summed E-state index contributed by atoms with van der Waals surface area (Å²) in [5, 5.41) is 9.16. The highest BCUT2D eigenvalue weighted by molar-refractivity contribution is 9.10. The van der Waals surface area contributed by atoms with Crippen molar-refractivity contribution in [3.05, 3.63) is 63.4 Å². The fourth-order valence-corrected chi connectivity index (χ4v) is 4.00. The van der Waals surface area contributed by atoms with Crippen LogP contribution < -0.4 is 4.90 Å². The lowest BCUT2D eigenvalue weighted by Crippen LogP contribution is -2.22. The smallest absolute Gasteiger partial charge is 0.220 e. The molecular formula is C16H10BrFN2O2S. The maximum Gasteiger partial charge on any atom is 0.220 e. The molecule has 0 radical (unpaired) electrons. The lowest BCUT2D eigenvalue weighted by molar-refractivity contribution is 0.601. The van der Waals surface area contributed by atoms with Gasteiger partial charge in [0.1, 0.15) is 11.9 Å². The van der Waals surface area contributed by atoms with E-state index in [1.165, 1.54) is 23.1 Å². The van der Waals surface area contributed by atoms with Crippen molar-refractivity contribution in [2.45, 2.75) is 11.8 Å². The zero-order chi connectivity index (χ0) is 16.8. The van der Waals surface area contributed by atoms with Crippen LogP contribution in [0.2, 0.25) is 0 Å². The molecule has 0 unspecified atom stereocenters. The minimum absolute atomic E-state index is 0.00975. The van der Waals surface area contributed by atoms with E-state index in [2.05, 4.69) is 15.9 Å². The number of halogens is 2. The molecule has 23 heavy (non-hydrogen) atoms. The number of hydrogen-bond donors (Lipinski definition) is 0. The Morgan fingerprint density at radius 2 is 1.91 bits per heavy atom. The molecule has 0 saturated heterocycles. The molecule has 0 spiro atoms. The van der Waals surface area contributed by atoms with Crippen molar-refractivity contribution < 1.29 is 12.8 Å². The summed E-state index contributed by atoms with van der Waals surface area (Å²) in [6.07, 6.45) is 1.16. The van der Waals surface area contributed by atoms with Gasteiger partial charge in [-0.15, -0.1) is 0 Å². The van der Waals surface area contributed by atoms with E-state index in [0.717, 1.165) is 11.8 Å². The van der Waals surface area contributed by atoms with Crippen molar-refractivity contribution in [2.75, 3.05) is 4.90 Å². The van der Waals surface area contributed by atoms with E-state index in [1.807, 2.05) is 6.92 Å². The zero-order valence-corrected chi connectivity index (χ0v) is 14.3. The topological polar surface area (TPSA) is 61.2 Å². The first kappa shape index (κ1) is 15.7. The Hall–Kier alpha value is -2.17. The Balaban J connectivity index is 2.33. The lowest BCUT2D eigenvalue weighted by Gasteiger charge is -2.28. The molecule has 1 aliphatic rings. The molecule has 3 rings (SSSR count). The Morgan fingerprint density at radius 3 is 2.57 bits per heavy atom. The van der Waals surface area contributed by atoms with Gasteiger partial charge in [0.05, 0.1) is 16.3 Å². The monoisotopic (exact) mass is 392 g/mol. The van der Waals surface area contributed by atoms with Gasteiger partial charge in [-0.25, -0.2) is 12.8 Å². The van der Waals surface area contributed by atoms with Gasteiger partial charge in [0.2, 0.25) is 9.84 Å². The van der Waals surface area contributed by atoms with Gasteiger partial charge in [0, 0.05) is 10.7 Å². The molecule has 0 N–H and O–H groups in total. The largest absolute Gasteiger partial charge is 0.311 e. The van der Waals surface area contributed by atoms with Gasteiger partial charge >= 0.3 is 0 Å². The lowest BCUT2D eigenvalue weighted by atomic mass is 10.2. The maximum absolute atomic E-state index is 14.3. The fourth-order valence-electron chi connectivity index (χ4n) is 2.38. The molecule has 0 fully saturated rings. The summed E-state index contributed by atoms with van der Waals surface area (Å²) in [5.41, 5.74) is 1.32. The first-order chi connectivity index (χ1) is 10.8. The van der Waals surface area contributed by atoms with Crippen LogP contribution in [0.3, 0.4) is 0 Å². The summed E-state index contributed by atoms with van der Waals surface area (Å²) >= 11 is 3.19. The maximum atomic E-state index is 14.3. The number of anilines is 2. The van der Waals surface area contributed by atoms with Gasteiger partial charge in [0.15, 0.2) is 4.91 Å². The van der Waals surface area contributed by atoms with Crippen LogP contribution in [0.5, 0.6) is 0 Å². The highest BCUT2D eigenvalue weighted by Gasteiger charge is 2.32. The molecule has 0 saturated carbocycles. The summed E-state index contributed by atoms with van der Waals surface area (Å²) in [6.45, 7) is 1.81. The number of aryl methyl sites for hydroxylation is 1. The average Bonchev–Trinajstić information content (AvgIpc) is 2.48. The molecule has 116 valence electrons. The second-order valence-corrected chi connectivity index (χ2v) is 7.85. The number of rotatable bonds is 1. The average molecular weight is 393 g/mol. The predicted octanol–water partition coefficient (Wildman–Crippen LogP) is 4.19. The van der Waals surface area contributed by atoms with Gasteiger partial charge < -0.3 is 4.90 Å². The number of hydrogen-bond acceptors (Lipinski definition) is 4. The van der Waals surface area contributed by atoms with Crippen molar-refractivity contribution in [2.24, 2.45) is 0 Å². The fraction of sp³-hybridized carbons (Fsp3) is 0.0625. The van der Waals surface area contributed by atoms with Gasteiger partial charge in [-0.3, -0.25) is 0 Å². The highest BCUT2D eigenvalue weighted by Crippen LogP contribution is 2.40. The Labute approximate surface area is 141 Å². The summed E-state index contributed by atoms with van der Waals surface area (Å²) in [5.74, 6) is -0.528. The third-order valence-electron chi connectivity index (χ3n) is 3.48. The first-order valence-corrected chi connectivity index (χ1v) is 8.84. The van der Waals surface area contributed by atoms with E-state index in [0.29, 0.717) is 10.2 Å². The van der Waals surface area contributed by atoms with Gasteiger partial charge in [-0.2, -0.15) is 5.26 Å². The molecule has 0 atom stereocenters. The van der Waals surface area contributed by atoms with Gasteiger partial charge in [0.25, 0.3) is 0 Å². The van der Waals surface area contributed by atoms with Crippen LogP contribution >= 0.6 is 15.9 Å². The molecule has 0 aromatic heterocycles. The Bertz CT molecular complexity index is 994. The van der Waals surface area contributed by atoms with E-state index in [-0.39, 0.29) is 10.6 Å². The molecule has 2 aromatic rings. The molecular weight excluding hydrogens is 383 g/mol. The molecule has 1 heterocycles. The second kappa shape index (κ2) is 5.48. The van der Waals surface area contributed by atoms with Crippen molar-refractivity contribution in [3.8, 4) is 6.07 Å². The predicted molar refractivity (Wildman–Crippen MR) is 88.3 cm³/mol. The van der Waals surface area contributed by atoms with Crippen molar-refractivity contribution >= 4 is 37.1 Å². The summed E-state index contributed by atoms with van der Waals surface area (Å²) < 4.78 is 39.8. The van der Waals surface area contributed by atoms with Crippen LogP contribution in [-0.4, -0.2) is 8.42 Å². The van der Waals surface area contributed by atoms with Crippen molar-refractivity contribution in [1.82, 2.24) is 0 Å². The quantitative estimate of drug-likeness (QED) is 0.729. The molecule has 0 aliphatic carbocycles. The van der Waals surface area contributed by atoms with E-state index >= 15 is 0 Å². The summed E-state index contributed by atoms with van der Waals surface area (Å²) in [7, 11) is -3.88. The van der Waals surface area contributed by atoms with Crippen LogP contribution in [0.15, 0.2) is 56.9 Å². The third kappa shape index (κ3) is 2.54. The molecule has 0 bridgehead atoms. The Morgan fingerprint density at radius 1 is 1.17 bits per heavy atom. The van der Waals surface area contributed by atoms with Crippen molar-refractivity contribution in [1.29, 1.82) is 5.26 Å². The highest BCUT2D eigenvalue weighted by atomic mass is 79.9. The number of allylic oxidation sites excluding steroid dienone is 1. The molecule has 7 heteroatoms.